The Kier molecular flexibility index (Phi) is 2.77. The third-order valence-electron chi connectivity index (χ3n) is 2.90. The van der Waals surface area contributed by atoms with Crippen molar-refractivity contribution in [3.63, 3.8) is 0 Å². The van der Waals surface area contributed by atoms with Gasteiger partial charge in [-0.25, -0.2) is 0 Å². The van der Waals surface area contributed by atoms with Crippen molar-refractivity contribution in [1.82, 2.24) is 5.32 Å². The van der Waals surface area contributed by atoms with Gasteiger partial charge in [0.05, 0.1) is 17.4 Å². The van der Waals surface area contributed by atoms with Crippen LogP contribution in [0, 0.1) is 0 Å². The number of carbonyl (C=O) groups excluding carboxylic acids is 1. The maximum absolute atomic E-state index is 11.5. The molecule has 1 amide bonds. The highest BCUT2D eigenvalue weighted by atomic mass is 16.3. The molecule has 1 aliphatic carbocycles. The Hall–Kier alpha value is -1.29. The topological polar surface area (TPSA) is 62.5 Å². The Morgan fingerprint density at radius 1 is 1.53 bits per heavy atom. The smallest absolute Gasteiger partial charge is 0.254 e. The van der Waals surface area contributed by atoms with Gasteiger partial charge in [0, 0.05) is 6.54 Å². The van der Waals surface area contributed by atoms with Crippen LogP contribution in [0.15, 0.2) is 23.0 Å². The first-order valence-corrected chi connectivity index (χ1v) is 5.22. The zero-order valence-electron chi connectivity index (χ0n) is 8.53. The second-order valence-electron chi connectivity index (χ2n) is 4.13. The second-order valence-corrected chi connectivity index (χ2v) is 4.13. The molecular formula is C11H15NO3. The van der Waals surface area contributed by atoms with Crippen LogP contribution in [0.4, 0.5) is 0 Å². The molecule has 82 valence electrons. The molecule has 1 aromatic heterocycles. The molecule has 15 heavy (non-hydrogen) atoms. The molecule has 1 heterocycles. The van der Waals surface area contributed by atoms with Crippen molar-refractivity contribution in [2.24, 2.45) is 0 Å². The number of aliphatic hydroxyl groups is 1. The minimum absolute atomic E-state index is 0.191. The summed E-state index contributed by atoms with van der Waals surface area (Å²) in [6.07, 6.45) is 6.49. The second kappa shape index (κ2) is 4.06. The van der Waals surface area contributed by atoms with Gasteiger partial charge in [-0.1, -0.05) is 12.8 Å². The molecule has 0 atom stereocenters. The number of furan rings is 1. The summed E-state index contributed by atoms with van der Waals surface area (Å²) in [5.74, 6) is -0.191. The molecule has 0 aromatic carbocycles. The predicted molar refractivity (Wildman–Crippen MR) is 54.5 cm³/mol. The number of carbonyl (C=O) groups is 1. The lowest BCUT2D eigenvalue weighted by molar-refractivity contribution is 0.0449. The number of amides is 1. The van der Waals surface area contributed by atoms with E-state index in [0.29, 0.717) is 12.1 Å². The SMILES string of the molecule is O=C(NCC1(O)CCCC1)c1ccoc1. The summed E-state index contributed by atoms with van der Waals surface area (Å²) < 4.78 is 4.81. The molecule has 0 radical (unpaired) electrons. The van der Waals surface area contributed by atoms with Crippen LogP contribution in [0.1, 0.15) is 36.0 Å². The first-order chi connectivity index (χ1) is 7.20. The zero-order chi connectivity index (χ0) is 10.7. The van der Waals surface area contributed by atoms with Crippen LogP contribution >= 0.6 is 0 Å². The summed E-state index contributed by atoms with van der Waals surface area (Å²) in [6, 6.07) is 1.61. The van der Waals surface area contributed by atoms with Gasteiger partial charge in [-0.2, -0.15) is 0 Å². The van der Waals surface area contributed by atoms with E-state index in [4.69, 9.17) is 4.42 Å². The minimum atomic E-state index is -0.695. The molecule has 1 aliphatic rings. The fraction of sp³-hybridized carbons (Fsp3) is 0.545. The van der Waals surface area contributed by atoms with Crippen LogP contribution in [0.5, 0.6) is 0 Å². The third kappa shape index (κ3) is 2.39. The van der Waals surface area contributed by atoms with E-state index in [1.807, 2.05) is 0 Å². The molecule has 4 heteroatoms. The number of hydrogen-bond donors (Lipinski definition) is 2. The molecule has 0 spiro atoms. The van der Waals surface area contributed by atoms with Crippen LogP contribution < -0.4 is 5.32 Å². The lowest BCUT2D eigenvalue weighted by atomic mass is 10.0. The number of rotatable bonds is 3. The molecule has 1 fully saturated rings. The summed E-state index contributed by atoms with van der Waals surface area (Å²) in [5.41, 5.74) is -0.198. The molecular weight excluding hydrogens is 194 g/mol. The van der Waals surface area contributed by atoms with Gasteiger partial charge in [-0.15, -0.1) is 0 Å². The van der Waals surface area contributed by atoms with E-state index < -0.39 is 5.60 Å². The standard InChI is InChI=1S/C11H15NO3/c13-10(9-3-6-15-7-9)12-8-11(14)4-1-2-5-11/h3,6-7,14H,1-2,4-5,8H2,(H,12,13). The van der Waals surface area contributed by atoms with E-state index >= 15 is 0 Å². The first-order valence-electron chi connectivity index (χ1n) is 5.22. The number of hydrogen-bond acceptors (Lipinski definition) is 3. The van der Waals surface area contributed by atoms with Crippen molar-refractivity contribution >= 4 is 5.91 Å². The average molecular weight is 209 g/mol. The van der Waals surface area contributed by atoms with E-state index in [0.717, 1.165) is 25.7 Å². The van der Waals surface area contributed by atoms with Gasteiger partial charge in [-0.3, -0.25) is 4.79 Å². The van der Waals surface area contributed by atoms with Crippen molar-refractivity contribution in [3.05, 3.63) is 24.2 Å². The third-order valence-corrected chi connectivity index (χ3v) is 2.90. The van der Waals surface area contributed by atoms with Crippen molar-refractivity contribution in [2.75, 3.05) is 6.54 Å². The van der Waals surface area contributed by atoms with Gasteiger partial charge in [-0.05, 0) is 18.9 Å². The Morgan fingerprint density at radius 2 is 2.27 bits per heavy atom. The van der Waals surface area contributed by atoms with Gasteiger partial charge in [0.1, 0.15) is 6.26 Å². The van der Waals surface area contributed by atoms with Crippen LogP contribution in [-0.4, -0.2) is 23.2 Å². The van der Waals surface area contributed by atoms with Crippen LogP contribution in [0.3, 0.4) is 0 Å². The van der Waals surface area contributed by atoms with E-state index in [2.05, 4.69) is 5.32 Å². The monoisotopic (exact) mass is 209 g/mol. The fourth-order valence-corrected chi connectivity index (χ4v) is 1.95. The van der Waals surface area contributed by atoms with Crippen LogP contribution in [0.2, 0.25) is 0 Å². The van der Waals surface area contributed by atoms with Gasteiger partial charge < -0.3 is 14.8 Å². The summed E-state index contributed by atoms with van der Waals surface area (Å²) in [5, 5.41) is 12.7. The molecule has 2 N–H and O–H groups in total. The molecule has 2 rings (SSSR count). The molecule has 4 nitrogen and oxygen atoms in total. The van der Waals surface area contributed by atoms with Crippen LogP contribution in [-0.2, 0) is 0 Å². The van der Waals surface area contributed by atoms with Gasteiger partial charge in [0.2, 0.25) is 0 Å². The maximum Gasteiger partial charge on any atom is 0.254 e. The summed E-state index contributed by atoms with van der Waals surface area (Å²) >= 11 is 0. The number of nitrogens with one attached hydrogen (secondary N) is 1. The maximum atomic E-state index is 11.5. The molecule has 0 unspecified atom stereocenters. The van der Waals surface area contributed by atoms with E-state index in [-0.39, 0.29) is 5.91 Å². The van der Waals surface area contributed by atoms with E-state index in [1.165, 1.54) is 12.5 Å². The minimum Gasteiger partial charge on any atom is -0.472 e. The van der Waals surface area contributed by atoms with Gasteiger partial charge in [0.25, 0.3) is 5.91 Å². The summed E-state index contributed by atoms with van der Waals surface area (Å²) in [4.78, 5) is 11.5. The average Bonchev–Trinajstić information content (AvgIpc) is 2.85. The molecule has 0 aliphatic heterocycles. The van der Waals surface area contributed by atoms with E-state index in [1.54, 1.807) is 6.07 Å². The quantitative estimate of drug-likeness (QED) is 0.789. The first kappa shape index (κ1) is 10.2. The Balaban J connectivity index is 1.85. The largest absolute Gasteiger partial charge is 0.472 e. The van der Waals surface area contributed by atoms with Crippen molar-refractivity contribution in [3.8, 4) is 0 Å². The normalized spacial score (nSPS) is 19.0. The fourth-order valence-electron chi connectivity index (χ4n) is 1.95. The molecule has 1 saturated carbocycles. The molecule has 1 aromatic rings. The molecule has 0 bridgehead atoms. The highest BCUT2D eigenvalue weighted by Gasteiger charge is 2.31. The highest BCUT2D eigenvalue weighted by molar-refractivity contribution is 5.93. The lowest BCUT2D eigenvalue weighted by Gasteiger charge is -2.21. The predicted octanol–water partition coefficient (Wildman–Crippen LogP) is 1.31. The highest BCUT2D eigenvalue weighted by Crippen LogP contribution is 2.28. The van der Waals surface area contributed by atoms with Crippen LogP contribution in [0.25, 0.3) is 0 Å². The van der Waals surface area contributed by atoms with Gasteiger partial charge >= 0.3 is 0 Å². The molecule has 0 saturated heterocycles. The van der Waals surface area contributed by atoms with Gasteiger partial charge in [0.15, 0.2) is 0 Å². The van der Waals surface area contributed by atoms with E-state index in [9.17, 15) is 9.90 Å². The Bertz CT molecular complexity index is 326. The Labute approximate surface area is 88.3 Å². The Morgan fingerprint density at radius 3 is 2.87 bits per heavy atom. The van der Waals surface area contributed by atoms with Crippen molar-refractivity contribution in [2.45, 2.75) is 31.3 Å². The van der Waals surface area contributed by atoms with Crippen molar-refractivity contribution < 1.29 is 14.3 Å². The summed E-state index contributed by atoms with van der Waals surface area (Å²) in [6.45, 7) is 0.330. The van der Waals surface area contributed by atoms with Crippen molar-refractivity contribution in [1.29, 1.82) is 0 Å². The zero-order valence-corrected chi connectivity index (χ0v) is 8.53. The summed E-state index contributed by atoms with van der Waals surface area (Å²) in [7, 11) is 0. The lowest BCUT2D eigenvalue weighted by Crippen LogP contribution is -2.40.